The highest BCUT2D eigenvalue weighted by molar-refractivity contribution is 8.76. The summed E-state index contributed by atoms with van der Waals surface area (Å²) in [6, 6.07) is 0. The molecule has 196 valence electrons. The molecular formula is C21H41N6O4PS2. The minimum atomic E-state index is -3.79. The Labute approximate surface area is 211 Å². The minimum absolute atomic E-state index is 0. The van der Waals surface area contributed by atoms with Crippen LogP contribution >= 0.6 is 29.2 Å². The zero-order valence-corrected chi connectivity index (χ0v) is 23.0. The van der Waals surface area contributed by atoms with Crippen molar-refractivity contribution in [3.8, 4) is 0 Å². The molecule has 0 spiro atoms. The maximum absolute atomic E-state index is 12.2. The number of fused-ring (bicyclic) bond motifs is 1. The lowest BCUT2D eigenvalue weighted by Gasteiger charge is -2.17. The van der Waals surface area contributed by atoms with Crippen molar-refractivity contribution in [1.29, 1.82) is 0 Å². The summed E-state index contributed by atoms with van der Waals surface area (Å²) in [5.41, 5.74) is 6.92. The number of nitrogens with zero attached hydrogens (tertiary/aromatic N) is 4. The molecule has 0 amide bonds. The Morgan fingerprint density at radius 1 is 1.09 bits per heavy atom. The van der Waals surface area contributed by atoms with Gasteiger partial charge in [-0.25, -0.2) is 15.0 Å². The summed E-state index contributed by atoms with van der Waals surface area (Å²) in [6.45, 7) is 4.70. The van der Waals surface area contributed by atoms with Crippen LogP contribution in [0.3, 0.4) is 0 Å². The second kappa shape index (κ2) is 17.5. The first-order chi connectivity index (χ1) is 15.9. The van der Waals surface area contributed by atoms with Gasteiger partial charge in [0.25, 0.3) is 0 Å². The molecule has 34 heavy (non-hydrogen) atoms. The van der Waals surface area contributed by atoms with E-state index in [0.717, 1.165) is 5.75 Å². The van der Waals surface area contributed by atoms with Crippen LogP contribution in [-0.4, -0.2) is 55.0 Å². The summed E-state index contributed by atoms with van der Waals surface area (Å²) < 4.78 is 24.7. The molecule has 2 aromatic heterocycles. The van der Waals surface area contributed by atoms with Gasteiger partial charge in [-0.1, -0.05) is 73.5 Å². The number of aromatic nitrogens is 4. The first-order valence-corrected chi connectivity index (χ1v) is 15.9. The van der Waals surface area contributed by atoms with Crippen LogP contribution in [-0.2, 0) is 20.4 Å². The molecule has 0 fully saturated rings. The fourth-order valence-corrected chi connectivity index (χ4v) is 6.24. The van der Waals surface area contributed by atoms with Crippen molar-refractivity contribution in [2.75, 3.05) is 30.2 Å². The average Bonchev–Trinajstić information content (AvgIpc) is 3.19. The fourth-order valence-electron chi connectivity index (χ4n) is 3.25. The lowest BCUT2D eigenvalue weighted by molar-refractivity contribution is 0.0724. The highest BCUT2D eigenvalue weighted by Gasteiger charge is 2.21. The lowest BCUT2D eigenvalue weighted by atomic mass is 10.1. The van der Waals surface area contributed by atoms with Crippen LogP contribution in [0.4, 0.5) is 5.82 Å². The van der Waals surface area contributed by atoms with Gasteiger partial charge >= 0.3 is 7.60 Å². The molecule has 2 rings (SSSR count). The quantitative estimate of drug-likeness (QED) is 0.115. The smallest absolute Gasteiger partial charge is 0.353 e. The first-order valence-electron chi connectivity index (χ1n) is 11.7. The van der Waals surface area contributed by atoms with E-state index in [-0.39, 0.29) is 25.2 Å². The normalized spacial score (nSPS) is 14.1. The van der Waals surface area contributed by atoms with Gasteiger partial charge in [-0.3, -0.25) is 4.57 Å². The second-order valence-electron chi connectivity index (χ2n) is 8.02. The maximum atomic E-state index is 12.2. The van der Waals surface area contributed by atoms with Crippen molar-refractivity contribution in [3.05, 3.63) is 12.7 Å². The number of rotatable bonds is 19. The summed E-state index contributed by atoms with van der Waals surface area (Å²) in [5, 5.41) is 0. The predicted molar refractivity (Wildman–Crippen MR) is 143 cm³/mol. The molecule has 0 saturated carbocycles. The Morgan fingerprint density at radius 2 is 1.76 bits per heavy atom. The third-order valence-corrected chi connectivity index (χ3v) is 8.55. The highest BCUT2D eigenvalue weighted by atomic mass is 33.1. The van der Waals surface area contributed by atoms with Crippen LogP contribution in [0.5, 0.6) is 0 Å². The van der Waals surface area contributed by atoms with Crippen molar-refractivity contribution in [3.63, 3.8) is 0 Å². The standard InChI is InChI=1S/C21H38N5O4PS2.H3N/c1-3-4-5-6-7-8-9-10-12-32-33-13-11-30-31(27,28)17-29-18(2)14-26-16-25-19-20(22)23-15-24-21(19)26;/h15-16,18H,3-14,17H2,1-2H3,(H,27,28)(H2,22,23,24);1H3/t18-;/m1./s1. The summed E-state index contributed by atoms with van der Waals surface area (Å²) >= 11 is 0. The van der Waals surface area contributed by atoms with Crippen molar-refractivity contribution >= 4 is 46.2 Å². The molecular weight excluding hydrogens is 495 g/mol. The van der Waals surface area contributed by atoms with Crippen molar-refractivity contribution < 1.29 is 18.7 Å². The van der Waals surface area contributed by atoms with Gasteiger partial charge in [0.1, 0.15) is 18.2 Å². The number of nitrogen functional groups attached to an aromatic ring is 1. The Kier molecular flexibility index (Phi) is 16.1. The molecule has 0 aliphatic rings. The van der Waals surface area contributed by atoms with Crippen molar-refractivity contribution in [1.82, 2.24) is 25.7 Å². The number of nitrogens with two attached hydrogens (primary N) is 1. The summed E-state index contributed by atoms with van der Waals surface area (Å²) in [4.78, 5) is 22.3. The van der Waals surface area contributed by atoms with Gasteiger partial charge in [0, 0.05) is 11.5 Å². The molecule has 6 N–H and O–H groups in total. The van der Waals surface area contributed by atoms with E-state index in [2.05, 4.69) is 21.9 Å². The van der Waals surface area contributed by atoms with Crippen LogP contribution in [0.1, 0.15) is 65.2 Å². The maximum Gasteiger partial charge on any atom is 0.353 e. The van der Waals surface area contributed by atoms with Gasteiger partial charge < -0.3 is 30.6 Å². The van der Waals surface area contributed by atoms with E-state index in [9.17, 15) is 9.46 Å². The first kappa shape index (κ1) is 31.2. The second-order valence-corrected chi connectivity index (χ2v) is 12.5. The molecule has 0 saturated heterocycles. The topological polar surface area (TPSA) is 160 Å². The van der Waals surface area contributed by atoms with Crippen LogP contribution in [0.25, 0.3) is 11.2 Å². The van der Waals surface area contributed by atoms with Gasteiger partial charge in [0.05, 0.1) is 25.6 Å². The van der Waals surface area contributed by atoms with Crippen molar-refractivity contribution in [2.24, 2.45) is 0 Å². The zero-order valence-electron chi connectivity index (χ0n) is 20.4. The fraction of sp³-hybridized carbons (Fsp3) is 0.762. The number of anilines is 1. The number of hydrogen-bond acceptors (Lipinski definition) is 10. The van der Waals surface area contributed by atoms with E-state index in [0.29, 0.717) is 29.3 Å². The molecule has 2 aromatic rings. The molecule has 13 heteroatoms. The molecule has 1 unspecified atom stereocenters. The van der Waals surface area contributed by atoms with Gasteiger partial charge in [-0.05, 0) is 13.3 Å². The Balaban J connectivity index is 0.00000578. The molecule has 2 heterocycles. The monoisotopic (exact) mass is 536 g/mol. The largest absolute Gasteiger partial charge is 0.382 e. The number of ether oxygens (including phenoxy) is 1. The third kappa shape index (κ3) is 12.2. The molecule has 0 aliphatic heterocycles. The molecule has 0 aliphatic carbocycles. The van der Waals surface area contributed by atoms with E-state index >= 15 is 0 Å². The molecule has 0 radical (unpaired) electrons. The molecule has 10 nitrogen and oxygen atoms in total. The van der Waals surface area contributed by atoms with Crippen LogP contribution in [0, 0.1) is 0 Å². The Hall–Kier alpha value is -0.880. The molecule has 0 bridgehead atoms. The van der Waals surface area contributed by atoms with Gasteiger partial charge in [-0.15, -0.1) is 0 Å². The molecule has 0 aromatic carbocycles. The number of hydrogen-bond donors (Lipinski definition) is 3. The SMILES string of the molecule is CCCCCCCCCCSSCCOP(=O)(O)CO[C@H](C)Cn1cnc2c(N)ncnc21.N. The Morgan fingerprint density at radius 3 is 2.50 bits per heavy atom. The number of unbranched alkanes of at least 4 members (excludes halogenated alkanes) is 7. The van der Waals surface area contributed by atoms with Gasteiger partial charge in [0.2, 0.25) is 0 Å². The summed E-state index contributed by atoms with van der Waals surface area (Å²) in [5.74, 6) is 2.09. The van der Waals surface area contributed by atoms with E-state index < -0.39 is 7.60 Å². The predicted octanol–water partition coefficient (Wildman–Crippen LogP) is 5.66. The van der Waals surface area contributed by atoms with Crippen LogP contribution in [0.2, 0.25) is 0 Å². The van der Waals surface area contributed by atoms with E-state index in [1.54, 1.807) is 32.5 Å². The van der Waals surface area contributed by atoms with E-state index in [4.69, 9.17) is 15.0 Å². The Bertz CT molecular complexity index is 860. The highest BCUT2D eigenvalue weighted by Crippen LogP contribution is 2.42. The van der Waals surface area contributed by atoms with Gasteiger partial charge in [-0.2, -0.15) is 0 Å². The third-order valence-electron chi connectivity index (χ3n) is 5.03. The lowest BCUT2D eigenvalue weighted by Crippen LogP contribution is -2.17. The summed E-state index contributed by atoms with van der Waals surface area (Å²) in [6.07, 6.45) is 12.9. The van der Waals surface area contributed by atoms with Crippen molar-refractivity contribution in [2.45, 2.75) is 77.9 Å². The van der Waals surface area contributed by atoms with E-state index in [1.165, 1.54) is 57.7 Å². The minimum Gasteiger partial charge on any atom is -0.382 e. The zero-order chi connectivity index (χ0) is 23.9. The van der Waals surface area contributed by atoms with Crippen LogP contribution in [0.15, 0.2) is 12.7 Å². The van der Waals surface area contributed by atoms with Crippen LogP contribution < -0.4 is 11.9 Å². The molecule has 2 atom stereocenters. The number of imidazole rings is 1. The average molecular weight is 537 g/mol. The van der Waals surface area contributed by atoms with Gasteiger partial charge in [0.15, 0.2) is 11.5 Å². The summed E-state index contributed by atoms with van der Waals surface area (Å²) in [7, 11) is -0.302. The van der Waals surface area contributed by atoms with E-state index in [1.807, 2.05) is 6.92 Å².